The van der Waals surface area contributed by atoms with Crippen LogP contribution in [0.25, 0.3) is 0 Å². The second kappa shape index (κ2) is 5.16. The molecule has 1 aliphatic carbocycles. The Morgan fingerprint density at radius 2 is 2.32 bits per heavy atom. The molecule has 19 heavy (non-hydrogen) atoms. The van der Waals surface area contributed by atoms with Gasteiger partial charge in [-0.1, -0.05) is 0 Å². The number of imidazole rings is 1. The van der Waals surface area contributed by atoms with Gasteiger partial charge >= 0.3 is 0 Å². The summed E-state index contributed by atoms with van der Waals surface area (Å²) < 4.78 is 2.06. The average molecular weight is 324 g/mol. The first-order valence-electron chi connectivity index (χ1n) is 6.21. The highest BCUT2D eigenvalue weighted by molar-refractivity contribution is 9.10. The van der Waals surface area contributed by atoms with E-state index in [-0.39, 0.29) is 5.56 Å². The first-order valence-corrected chi connectivity index (χ1v) is 7.00. The molecule has 0 bridgehead atoms. The largest absolute Gasteiger partial charge is 0.377 e. The number of hydrogen-bond donors (Lipinski definition) is 2. The molecule has 0 saturated heterocycles. The number of aromatic nitrogens is 4. The second-order valence-corrected chi connectivity index (χ2v) is 5.53. The van der Waals surface area contributed by atoms with Crippen LogP contribution in [-0.2, 0) is 13.1 Å². The van der Waals surface area contributed by atoms with Crippen LogP contribution in [0.4, 0.5) is 5.69 Å². The lowest BCUT2D eigenvalue weighted by Gasteiger charge is -2.09. The van der Waals surface area contributed by atoms with Crippen LogP contribution < -0.4 is 10.9 Å². The van der Waals surface area contributed by atoms with Crippen molar-refractivity contribution in [2.45, 2.75) is 25.9 Å². The van der Waals surface area contributed by atoms with Crippen LogP contribution in [0.5, 0.6) is 0 Å². The van der Waals surface area contributed by atoms with Crippen molar-refractivity contribution in [3.8, 4) is 0 Å². The number of halogens is 1. The molecule has 1 aliphatic rings. The van der Waals surface area contributed by atoms with E-state index in [4.69, 9.17) is 0 Å². The van der Waals surface area contributed by atoms with Crippen LogP contribution in [0.3, 0.4) is 0 Å². The van der Waals surface area contributed by atoms with Crippen LogP contribution in [0, 0.1) is 5.92 Å². The number of nitrogens with one attached hydrogen (secondary N) is 2. The Balaban J connectivity index is 1.74. The Kier molecular flexibility index (Phi) is 3.37. The summed E-state index contributed by atoms with van der Waals surface area (Å²) >= 11 is 3.34. The molecule has 2 N–H and O–H groups in total. The second-order valence-electron chi connectivity index (χ2n) is 4.73. The van der Waals surface area contributed by atoms with E-state index in [1.54, 1.807) is 18.7 Å². The number of rotatable bonds is 5. The fourth-order valence-corrected chi connectivity index (χ4v) is 2.28. The third kappa shape index (κ3) is 2.86. The number of anilines is 1. The highest BCUT2D eigenvalue weighted by Gasteiger charge is 2.23. The van der Waals surface area contributed by atoms with Gasteiger partial charge in [-0.3, -0.25) is 4.79 Å². The SMILES string of the molecule is O=c1c(Br)c(NCc2cnc[nH]2)cnn1CC1CC1. The van der Waals surface area contributed by atoms with Gasteiger partial charge in [0, 0.05) is 12.7 Å². The molecule has 0 unspecified atom stereocenters. The standard InChI is InChI=1S/C12H14BrN5O/c13-11-10(15-4-9-3-14-7-16-9)5-17-18(12(11)19)6-8-1-2-8/h3,5,7-8,15H,1-2,4,6H2,(H,14,16). The van der Waals surface area contributed by atoms with Crippen LogP contribution in [0.1, 0.15) is 18.5 Å². The van der Waals surface area contributed by atoms with E-state index in [0.717, 1.165) is 12.2 Å². The molecule has 6 nitrogen and oxygen atoms in total. The minimum absolute atomic E-state index is 0.0819. The van der Waals surface area contributed by atoms with Gasteiger partial charge in [-0.15, -0.1) is 0 Å². The summed E-state index contributed by atoms with van der Waals surface area (Å²) in [7, 11) is 0. The summed E-state index contributed by atoms with van der Waals surface area (Å²) in [6, 6.07) is 0. The van der Waals surface area contributed by atoms with Gasteiger partial charge in [-0.2, -0.15) is 5.10 Å². The quantitative estimate of drug-likeness (QED) is 0.879. The third-order valence-corrected chi connectivity index (χ3v) is 3.90. The van der Waals surface area contributed by atoms with Gasteiger partial charge in [0.2, 0.25) is 0 Å². The van der Waals surface area contributed by atoms with Crippen LogP contribution >= 0.6 is 15.9 Å². The van der Waals surface area contributed by atoms with E-state index in [1.807, 2.05) is 0 Å². The molecule has 0 spiro atoms. The summed E-state index contributed by atoms with van der Waals surface area (Å²) in [6.45, 7) is 1.30. The first-order chi connectivity index (χ1) is 9.24. The maximum Gasteiger partial charge on any atom is 0.283 e. The molecular weight excluding hydrogens is 310 g/mol. The maximum absolute atomic E-state index is 12.1. The molecule has 1 fully saturated rings. The molecule has 3 rings (SSSR count). The molecule has 0 atom stereocenters. The highest BCUT2D eigenvalue weighted by atomic mass is 79.9. The monoisotopic (exact) mass is 323 g/mol. The smallest absolute Gasteiger partial charge is 0.283 e. The third-order valence-electron chi connectivity index (χ3n) is 3.14. The molecule has 2 aromatic rings. The molecule has 100 valence electrons. The molecular formula is C12H14BrN5O. The van der Waals surface area contributed by atoms with Gasteiger partial charge in [0.15, 0.2) is 0 Å². The van der Waals surface area contributed by atoms with Crippen molar-refractivity contribution >= 4 is 21.6 Å². The van der Waals surface area contributed by atoms with E-state index in [9.17, 15) is 4.79 Å². The van der Waals surface area contributed by atoms with Crippen molar-refractivity contribution in [3.05, 3.63) is 39.2 Å². The van der Waals surface area contributed by atoms with Gasteiger partial charge in [0.05, 0.1) is 30.5 Å². The summed E-state index contributed by atoms with van der Waals surface area (Å²) in [5.41, 5.74) is 1.57. The van der Waals surface area contributed by atoms with Crippen LogP contribution in [-0.4, -0.2) is 19.7 Å². The van der Waals surface area contributed by atoms with E-state index >= 15 is 0 Å². The van der Waals surface area contributed by atoms with E-state index < -0.39 is 0 Å². The minimum Gasteiger partial charge on any atom is -0.377 e. The van der Waals surface area contributed by atoms with Crippen molar-refractivity contribution in [2.75, 3.05) is 5.32 Å². The Morgan fingerprint density at radius 3 is 3.00 bits per heavy atom. The Labute approximate surface area is 118 Å². The molecule has 7 heteroatoms. The lowest BCUT2D eigenvalue weighted by atomic mass is 10.4. The first kappa shape index (κ1) is 12.4. The summed E-state index contributed by atoms with van der Waals surface area (Å²) in [4.78, 5) is 19.0. The van der Waals surface area contributed by atoms with Crippen molar-refractivity contribution in [1.82, 2.24) is 19.7 Å². The van der Waals surface area contributed by atoms with E-state index in [0.29, 0.717) is 22.6 Å². The Bertz CT molecular complexity index is 618. The molecule has 2 aromatic heterocycles. The van der Waals surface area contributed by atoms with Crippen molar-refractivity contribution < 1.29 is 0 Å². The van der Waals surface area contributed by atoms with Crippen molar-refractivity contribution in [1.29, 1.82) is 0 Å². The molecule has 0 radical (unpaired) electrons. The van der Waals surface area contributed by atoms with Crippen LogP contribution in [0.2, 0.25) is 0 Å². The summed E-state index contributed by atoms with van der Waals surface area (Å²) in [6.07, 6.45) is 7.45. The van der Waals surface area contributed by atoms with Gasteiger partial charge in [0.1, 0.15) is 4.47 Å². The zero-order valence-corrected chi connectivity index (χ0v) is 11.9. The molecule has 0 aromatic carbocycles. The van der Waals surface area contributed by atoms with Gasteiger partial charge < -0.3 is 10.3 Å². The number of nitrogens with zero attached hydrogens (tertiary/aromatic N) is 3. The molecule has 1 saturated carbocycles. The number of aromatic amines is 1. The molecule has 0 aliphatic heterocycles. The minimum atomic E-state index is -0.0819. The lowest BCUT2D eigenvalue weighted by molar-refractivity contribution is 0.532. The zero-order chi connectivity index (χ0) is 13.2. The average Bonchev–Trinajstić information content (AvgIpc) is 3.07. The van der Waals surface area contributed by atoms with Crippen LogP contribution in [0.15, 0.2) is 28.0 Å². The summed E-state index contributed by atoms with van der Waals surface area (Å²) in [5, 5.41) is 7.36. The normalized spacial score (nSPS) is 14.6. The maximum atomic E-state index is 12.1. The lowest BCUT2D eigenvalue weighted by Crippen LogP contribution is -2.25. The molecule has 0 amide bonds. The topological polar surface area (TPSA) is 75.6 Å². The van der Waals surface area contributed by atoms with Crippen molar-refractivity contribution in [2.24, 2.45) is 5.92 Å². The van der Waals surface area contributed by atoms with Gasteiger partial charge in [-0.05, 0) is 34.7 Å². The van der Waals surface area contributed by atoms with Crippen molar-refractivity contribution in [3.63, 3.8) is 0 Å². The van der Waals surface area contributed by atoms with Gasteiger partial charge in [0.25, 0.3) is 5.56 Å². The fourth-order valence-electron chi connectivity index (χ4n) is 1.84. The summed E-state index contributed by atoms with van der Waals surface area (Å²) in [5.74, 6) is 0.626. The van der Waals surface area contributed by atoms with E-state index in [1.165, 1.54) is 17.5 Å². The highest BCUT2D eigenvalue weighted by Crippen LogP contribution is 2.30. The fraction of sp³-hybridized carbons (Fsp3) is 0.417. The number of hydrogen-bond acceptors (Lipinski definition) is 4. The number of H-pyrrole nitrogens is 1. The van der Waals surface area contributed by atoms with Gasteiger partial charge in [-0.25, -0.2) is 9.67 Å². The predicted molar refractivity (Wildman–Crippen MR) is 74.8 cm³/mol. The Hall–Kier alpha value is -1.63. The predicted octanol–water partition coefficient (Wildman–Crippen LogP) is 1.75. The van der Waals surface area contributed by atoms with E-state index in [2.05, 4.69) is 36.3 Å². The Morgan fingerprint density at radius 1 is 1.47 bits per heavy atom. The zero-order valence-electron chi connectivity index (χ0n) is 10.3. The molecule has 2 heterocycles.